The van der Waals surface area contributed by atoms with Crippen LogP contribution in [0.15, 0.2) is 18.3 Å². The Kier molecular flexibility index (Phi) is 4.37. The van der Waals surface area contributed by atoms with Crippen LogP contribution in [0.3, 0.4) is 0 Å². The van der Waals surface area contributed by atoms with Crippen molar-refractivity contribution >= 4 is 17.4 Å². The lowest BCUT2D eigenvalue weighted by Crippen LogP contribution is -2.29. The molecule has 5 nitrogen and oxygen atoms in total. The van der Waals surface area contributed by atoms with Crippen molar-refractivity contribution in [2.75, 3.05) is 30.9 Å². The molecule has 1 heterocycles. The quantitative estimate of drug-likeness (QED) is 0.861. The van der Waals surface area contributed by atoms with E-state index >= 15 is 0 Å². The molecule has 0 aromatic carbocycles. The van der Waals surface area contributed by atoms with Gasteiger partial charge in [-0.25, -0.2) is 4.98 Å². The Morgan fingerprint density at radius 3 is 2.84 bits per heavy atom. The fraction of sp³-hybridized carbons (Fsp3) is 0.571. The maximum absolute atomic E-state index is 12.2. The van der Waals surface area contributed by atoms with Gasteiger partial charge in [0.05, 0.1) is 11.9 Å². The predicted molar refractivity (Wildman–Crippen MR) is 77.1 cm³/mol. The van der Waals surface area contributed by atoms with E-state index in [2.05, 4.69) is 10.3 Å². The molecular formula is C14H22N4O. The lowest BCUT2D eigenvalue weighted by molar-refractivity contribution is -0.120. The number of nitrogens with zero attached hydrogens (tertiary/aromatic N) is 2. The highest BCUT2D eigenvalue weighted by Crippen LogP contribution is 2.31. The van der Waals surface area contributed by atoms with E-state index in [9.17, 15) is 4.79 Å². The normalized spacial score (nSPS) is 22.3. The van der Waals surface area contributed by atoms with Crippen LogP contribution in [-0.2, 0) is 4.79 Å². The zero-order valence-electron chi connectivity index (χ0n) is 11.6. The van der Waals surface area contributed by atoms with Gasteiger partial charge < -0.3 is 16.0 Å². The van der Waals surface area contributed by atoms with Gasteiger partial charge in [0.25, 0.3) is 0 Å². The fourth-order valence-electron chi connectivity index (χ4n) is 2.62. The van der Waals surface area contributed by atoms with Gasteiger partial charge in [-0.3, -0.25) is 4.79 Å². The van der Waals surface area contributed by atoms with Crippen LogP contribution in [0.4, 0.5) is 11.5 Å². The van der Waals surface area contributed by atoms with E-state index in [4.69, 9.17) is 5.73 Å². The summed E-state index contributed by atoms with van der Waals surface area (Å²) in [6.07, 6.45) is 4.79. The molecule has 0 saturated heterocycles. The topological polar surface area (TPSA) is 71.2 Å². The molecule has 1 aliphatic carbocycles. The third kappa shape index (κ3) is 3.23. The first-order chi connectivity index (χ1) is 9.11. The highest BCUT2D eigenvalue weighted by Gasteiger charge is 2.31. The number of carbonyl (C=O) groups excluding carboxylic acids is 1. The number of aromatic nitrogens is 1. The molecule has 0 bridgehead atoms. The Morgan fingerprint density at radius 2 is 2.26 bits per heavy atom. The van der Waals surface area contributed by atoms with E-state index in [-0.39, 0.29) is 11.8 Å². The molecular weight excluding hydrogens is 240 g/mol. The minimum absolute atomic E-state index is 0.0542. The highest BCUT2D eigenvalue weighted by molar-refractivity contribution is 5.92. The van der Waals surface area contributed by atoms with Gasteiger partial charge in [-0.15, -0.1) is 0 Å². The minimum atomic E-state index is 0.0542. The number of rotatable bonds is 4. The molecule has 0 aliphatic heterocycles. The van der Waals surface area contributed by atoms with Gasteiger partial charge in [0.2, 0.25) is 5.91 Å². The number of anilines is 2. The van der Waals surface area contributed by atoms with Crippen molar-refractivity contribution in [3.05, 3.63) is 18.3 Å². The third-order valence-electron chi connectivity index (χ3n) is 3.77. The van der Waals surface area contributed by atoms with Gasteiger partial charge in [0.1, 0.15) is 5.82 Å². The summed E-state index contributed by atoms with van der Waals surface area (Å²) in [5.74, 6) is 1.33. The highest BCUT2D eigenvalue weighted by atomic mass is 16.1. The van der Waals surface area contributed by atoms with Crippen LogP contribution >= 0.6 is 0 Å². The van der Waals surface area contributed by atoms with Gasteiger partial charge in [-0.2, -0.15) is 0 Å². The molecule has 0 radical (unpaired) electrons. The van der Waals surface area contributed by atoms with E-state index in [0.29, 0.717) is 12.5 Å². The minimum Gasteiger partial charge on any atom is -0.363 e. The molecule has 19 heavy (non-hydrogen) atoms. The number of nitrogens with two attached hydrogens (primary N) is 1. The van der Waals surface area contributed by atoms with Gasteiger partial charge >= 0.3 is 0 Å². The molecule has 1 aromatic rings. The molecule has 0 spiro atoms. The molecule has 1 aromatic heterocycles. The average Bonchev–Trinajstić information content (AvgIpc) is 2.87. The molecule has 2 rings (SSSR count). The summed E-state index contributed by atoms with van der Waals surface area (Å²) in [5, 5.41) is 2.94. The first-order valence-corrected chi connectivity index (χ1v) is 6.76. The molecule has 1 saturated carbocycles. The van der Waals surface area contributed by atoms with Crippen molar-refractivity contribution in [3.63, 3.8) is 0 Å². The van der Waals surface area contributed by atoms with Crippen molar-refractivity contribution in [2.45, 2.75) is 19.3 Å². The number of nitrogens with one attached hydrogen (secondary N) is 1. The van der Waals surface area contributed by atoms with Gasteiger partial charge in [-0.1, -0.05) is 6.42 Å². The lowest BCUT2D eigenvalue weighted by atomic mass is 9.95. The first kappa shape index (κ1) is 13.8. The zero-order chi connectivity index (χ0) is 13.8. The second kappa shape index (κ2) is 6.02. The van der Waals surface area contributed by atoms with Crippen LogP contribution in [0.25, 0.3) is 0 Å². The lowest BCUT2D eigenvalue weighted by Gasteiger charge is -2.17. The Morgan fingerprint density at radius 1 is 1.47 bits per heavy atom. The number of amides is 1. The summed E-state index contributed by atoms with van der Waals surface area (Å²) in [4.78, 5) is 18.4. The van der Waals surface area contributed by atoms with Crippen LogP contribution in [0, 0.1) is 11.8 Å². The van der Waals surface area contributed by atoms with E-state index in [1.807, 2.05) is 31.1 Å². The number of pyridine rings is 1. The maximum Gasteiger partial charge on any atom is 0.227 e. The Balaban J connectivity index is 1.98. The van der Waals surface area contributed by atoms with Crippen molar-refractivity contribution in [1.82, 2.24) is 4.98 Å². The van der Waals surface area contributed by atoms with Gasteiger partial charge in [-0.05, 0) is 37.4 Å². The average molecular weight is 262 g/mol. The van der Waals surface area contributed by atoms with Crippen LogP contribution < -0.4 is 16.0 Å². The maximum atomic E-state index is 12.2. The van der Waals surface area contributed by atoms with Crippen molar-refractivity contribution in [3.8, 4) is 0 Å². The predicted octanol–water partition coefficient (Wildman–Crippen LogP) is 1.46. The number of hydrogen-bond donors (Lipinski definition) is 2. The SMILES string of the molecule is CN(C)c1ccc(NC(=O)C2CCCC2CN)cn1. The first-order valence-electron chi connectivity index (χ1n) is 6.76. The zero-order valence-corrected chi connectivity index (χ0v) is 11.6. The smallest absolute Gasteiger partial charge is 0.227 e. The van der Waals surface area contributed by atoms with Crippen molar-refractivity contribution in [2.24, 2.45) is 17.6 Å². The van der Waals surface area contributed by atoms with Gasteiger partial charge in [0.15, 0.2) is 0 Å². The van der Waals surface area contributed by atoms with Crippen molar-refractivity contribution in [1.29, 1.82) is 0 Å². The Hall–Kier alpha value is -1.62. The van der Waals surface area contributed by atoms with E-state index < -0.39 is 0 Å². The van der Waals surface area contributed by atoms with Crippen LogP contribution in [0.1, 0.15) is 19.3 Å². The molecule has 2 atom stereocenters. The fourth-order valence-corrected chi connectivity index (χ4v) is 2.62. The summed E-state index contributed by atoms with van der Waals surface area (Å²) in [6.45, 7) is 0.593. The molecule has 3 N–H and O–H groups in total. The monoisotopic (exact) mass is 262 g/mol. The summed E-state index contributed by atoms with van der Waals surface area (Å²) < 4.78 is 0. The standard InChI is InChI=1S/C14H22N4O/c1-18(2)13-7-6-11(9-16-13)17-14(19)12-5-3-4-10(12)8-15/h6-7,9-10,12H,3-5,8,15H2,1-2H3,(H,17,19). The van der Waals surface area contributed by atoms with Crippen LogP contribution in [0.5, 0.6) is 0 Å². The molecule has 1 amide bonds. The molecule has 2 unspecified atom stereocenters. The molecule has 1 aliphatic rings. The van der Waals surface area contributed by atoms with Gasteiger partial charge in [0, 0.05) is 20.0 Å². The van der Waals surface area contributed by atoms with E-state index in [0.717, 1.165) is 30.8 Å². The summed E-state index contributed by atoms with van der Waals surface area (Å²) in [7, 11) is 3.87. The molecule has 1 fully saturated rings. The summed E-state index contributed by atoms with van der Waals surface area (Å²) >= 11 is 0. The number of hydrogen-bond acceptors (Lipinski definition) is 4. The van der Waals surface area contributed by atoms with Crippen LogP contribution in [-0.4, -0.2) is 31.5 Å². The summed E-state index contributed by atoms with van der Waals surface area (Å²) in [5.41, 5.74) is 6.46. The van der Waals surface area contributed by atoms with Crippen LogP contribution in [0.2, 0.25) is 0 Å². The summed E-state index contributed by atoms with van der Waals surface area (Å²) in [6, 6.07) is 3.78. The second-order valence-corrected chi connectivity index (χ2v) is 5.32. The van der Waals surface area contributed by atoms with Crippen molar-refractivity contribution < 1.29 is 4.79 Å². The Labute approximate surface area is 114 Å². The third-order valence-corrected chi connectivity index (χ3v) is 3.77. The second-order valence-electron chi connectivity index (χ2n) is 5.32. The van der Waals surface area contributed by atoms with E-state index in [1.165, 1.54) is 0 Å². The Bertz CT molecular complexity index is 430. The number of carbonyl (C=O) groups is 1. The molecule has 5 heteroatoms. The van der Waals surface area contributed by atoms with E-state index in [1.54, 1.807) is 6.20 Å². The largest absolute Gasteiger partial charge is 0.363 e. The molecule has 104 valence electrons.